The lowest BCUT2D eigenvalue weighted by Crippen LogP contribution is -2.06. The van der Waals surface area contributed by atoms with Crippen LogP contribution in [0, 0.1) is 0 Å². The minimum absolute atomic E-state index is 0.681. The molecule has 0 fully saturated rings. The summed E-state index contributed by atoms with van der Waals surface area (Å²) in [6.45, 7) is 0. The van der Waals surface area contributed by atoms with E-state index >= 15 is 0 Å². The van der Waals surface area contributed by atoms with Crippen LogP contribution >= 0.6 is 0 Å². The van der Waals surface area contributed by atoms with Crippen LogP contribution in [0.3, 0.4) is 0 Å². The Morgan fingerprint density at radius 2 is 1.57 bits per heavy atom. The fourth-order valence-corrected chi connectivity index (χ4v) is 0.694. The van der Waals surface area contributed by atoms with Crippen molar-refractivity contribution in [2.75, 3.05) is 0 Å². The van der Waals surface area contributed by atoms with Crippen molar-refractivity contribution in [1.29, 1.82) is 0 Å². The standard InChI is InChI=1S/C9H7F3N2/c10-9(11,12)8-7-13-5-3-1-2-4-6-14-8/h1-7H. The van der Waals surface area contributed by atoms with Gasteiger partial charge in [0.25, 0.3) is 0 Å². The lowest BCUT2D eigenvalue weighted by atomic mass is 10.4. The monoisotopic (exact) mass is 200 g/mol. The number of alkyl halides is 3. The van der Waals surface area contributed by atoms with E-state index in [4.69, 9.17) is 0 Å². The molecule has 1 rings (SSSR count). The highest BCUT2D eigenvalue weighted by Crippen LogP contribution is 2.25. The summed E-state index contributed by atoms with van der Waals surface area (Å²) >= 11 is 0. The lowest BCUT2D eigenvalue weighted by molar-refractivity contribution is -0.141. The highest BCUT2D eigenvalue weighted by atomic mass is 19.4. The molecule has 0 aromatic carbocycles. The molecule has 1 aromatic rings. The molecule has 74 valence electrons. The van der Waals surface area contributed by atoms with Gasteiger partial charge >= 0.3 is 6.18 Å². The van der Waals surface area contributed by atoms with Gasteiger partial charge in [-0.3, -0.25) is 9.97 Å². The largest absolute Gasteiger partial charge is 0.434 e. The Hall–Kier alpha value is -1.65. The fraction of sp³-hybridized carbons (Fsp3) is 0.111. The summed E-state index contributed by atoms with van der Waals surface area (Å²) in [4.78, 5) is 6.67. The van der Waals surface area contributed by atoms with Crippen molar-refractivity contribution in [2.45, 2.75) is 6.18 Å². The third-order valence-corrected chi connectivity index (χ3v) is 1.29. The Morgan fingerprint density at radius 1 is 0.929 bits per heavy atom. The molecule has 0 bridgehead atoms. The van der Waals surface area contributed by atoms with Gasteiger partial charge in [0.05, 0.1) is 6.20 Å². The zero-order valence-corrected chi connectivity index (χ0v) is 7.07. The second kappa shape index (κ2) is 4.55. The second-order valence-electron chi connectivity index (χ2n) is 2.36. The molecule has 0 aliphatic carbocycles. The molecule has 0 spiro atoms. The van der Waals surface area contributed by atoms with Gasteiger partial charge < -0.3 is 0 Å². The molecule has 5 heteroatoms. The van der Waals surface area contributed by atoms with Crippen LogP contribution < -0.4 is 0 Å². The first kappa shape index (κ1) is 10.4. The van der Waals surface area contributed by atoms with Crippen LogP contribution in [0.25, 0.3) is 0 Å². The summed E-state index contributed by atoms with van der Waals surface area (Å²) in [6.07, 6.45) is -1.45. The number of hydrogen-bond donors (Lipinski definition) is 0. The van der Waals surface area contributed by atoms with E-state index < -0.39 is 11.9 Å². The van der Waals surface area contributed by atoms with Crippen LogP contribution in [0.15, 0.2) is 42.9 Å². The van der Waals surface area contributed by atoms with E-state index in [0.29, 0.717) is 6.20 Å². The first-order chi connectivity index (χ1) is 6.61. The minimum Gasteiger partial charge on any atom is -0.262 e. The predicted molar refractivity (Wildman–Crippen MR) is 44.7 cm³/mol. The first-order valence-electron chi connectivity index (χ1n) is 3.77. The van der Waals surface area contributed by atoms with Crippen molar-refractivity contribution in [3.63, 3.8) is 0 Å². The Labute approximate surface area is 78.8 Å². The number of hydrogen-bond acceptors (Lipinski definition) is 2. The topological polar surface area (TPSA) is 25.8 Å². The Morgan fingerprint density at radius 3 is 2.21 bits per heavy atom. The predicted octanol–water partition coefficient (Wildman–Crippen LogP) is 2.62. The quantitative estimate of drug-likeness (QED) is 0.643. The number of halogens is 3. The molecule has 0 saturated heterocycles. The molecule has 0 unspecified atom stereocenters. The van der Waals surface area contributed by atoms with Crippen LogP contribution in [-0.4, -0.2) is 9.97 Å². The van der Waals surface area contributed by atoms with Crippen LogP contribution in [0.5, 0.6) is 0 Å². The van der Waals surface area contributed by atoms with E-state index in [1.54, 1.807) is 12.1 Å². The molecular weight excluding hydrogens is 193 g/mol. The van der Waals surface area contributed by atoms with Gasteiger partial charge in [-0.25, -0.2) is 0 Å². The molecular formula is C9H7F3N2. The Kier molecular flexibility index (Phi) is 3.39. The molecule has 2 nitrogen and oxygen atoms in total. The molecule has 0 aliphatic rings. The SMILES string of the molecule is FC(F)(F)c1cnccccccn1. The van der Waals surface area contributed by atoms with Gasteiger partial charge in [-0.1, -0.05) is 12.1 Å². The van der Waals surface area contributed by atoms with Crippen LogP contribution in [0.2, 0.25) is 0 Å². The summed E-state index contributed by atoms with van der Waals surface area (Å²) in [6, 6.07) is 6.15. The third kappa shape index (κ3) is 3.38. The molecule has 0 N–H and O–H groups in total. The maximum Gasteiger partial charge on any atom is 0.434 e. The molecule has 0 radical (unpaired) electrons. The van der Waals surface area contributed by atoms with Gasteiger partial charge in [-0.05, 0) is 12.1 Å². The van der Waals surface area contributed by atoms with Crippen molar-refractivity contribution in [2.24, 2.45) is 0 Å². The molecule has 1 aromatic heterocycles. The molecule has 0 atom stereocenters. The lowest BCUT2D eigenvalue weighted by Gasteiger charge is -2.00. The van der Waals surface area contributed by atoms with Crippen LogP contribution in [0.1, 0.15) is 5.69 Å². The fourth-order valence-electron chi connectivity index (χ4n) is 0.694. The molecule has 0 amide bonds. The van der Waals surface area contributed by atoms with Crippen molar-refractivity contribution in [1.82, 2.24) is 9.97 Å². The van der Waals surface area contributed by atoms with Crippen molar-refractivity contribution in [3.05, 3.63) is 48.5 Å². The summed E-state index contributed by atoms with van der Waals surface area (Å²) in [7, 11) is 0. The molecule has 1 heterocycles. The second-order valence-corrected chi connectivity index (χ2v) is 2.36. The highest BCUT2D eigenvalue weighted by Gasteiger charge is 2.31. The number of nitrogens with zero attached hydrogens (tertiary/aromatic N) is 2. The molecule has 14 heavy (non-hydrogen) atoms. The maximum atomic E-state index is 12.2. The average molecular weight is 200 g/mol. The maximum absolute atomic E-state index is 12.2. The van der Waals surface area contributed by atoms with Gasteiger partial charge in [0.1, 0.15) is 0 Å². The zero-order valence-electron chi connectivity index (χ0n) is 7.07. The number of aromatic nitrogens is 2. The van der Waals surface area contributed by atoms with Crippen molar-refractivity contribution >= 4 is 0 Å². The van der Waals surface area contributed by atoms with Gasteiger partial charge in [0.2, 0.25) is 0 Å². The van der Waals surface area contributed by atoms with E-state index in [1.807, 2.05) is 0 Å². The summed E-state index contributed by atoms with van der Waals surface area (Å²) < 4.78 is 36.6. The van der Waals surface area contributed by atoms with E-state index in [1.165, 1.54) is 18.3 Å². The Balaban J connectivity index is 3.21. The third-order valence-electron chi connectivity index (χ3n) is 1.29. The van der Waals surface area contributed by atoms with Gasteiger partial charge in [0, 0.05) is 12.4 Å². The summed E-state index contributed by atoms with van der Waals surface area (Å²) in [5.41, 5.74) is -1.02. The first-order valence-corrected chi connectivity index (χ1v) is 3.77. The normalized spacial score (nSPS) is 10.5. The van der Waals surface area contributed by atoms with E-state index in [2.05, 4.69) is 9.97 Å². The molecule has 0 saturated carbocycles. The van der Waals surface area contributed by atoms with Crippen LogP contribution in [-0.2, 0) is 6.18 Å². The Bertz CT molecular complexity index is 323. The average Bonchev–Trinajstić information content (AvgIpc) is 2.12. The summed E-state index contributed by atoms with van der Waals surface area (Å²) in [5, 5.41) is 0. The van der Waals surface area contributed by atoms with E-state index in [-0.39, 0.29) is 0 Å². The van der Waals surface area contributed by atoms with Crippen molar-refractivity contribution in [3.8, 4) is 0 Å². The smallest absolute Gasteiger partial charge is 0.262 e. The van der Waals surface area contributed by atoms with E-state index in [9.17, 15) is 13.2 Å². The van der Waals surface area contributed by atoms with E-state index in [0.717, 1.165) is 6.20 Å². The number of rotatable bonds is 0. The minimum atomic E-state index is -4.47. The van der Waals surface area contributed by atoms with Gasteiger partial charge in [-0.15, -0.1) is 0 Å². The van der Waals surface area contributed by atoms with Gasteiger partial charge in [0.15, 0.2) is 5.69 Å². The summed E-state index contributed by atoms with van der Waals surface area (Å²) in [5.74, 6) is 0. The van der Waals surface area contributed by atoms with Crippen LogP contribution in [0.4, 0.5) is 13.2 Å². The van der Waals surface area contributed by atoms with Crippen molar-refractivity contribution < 1.29 is 13.2 Å². The zero-order chi connectivity index (χ0) is 10.4. The highest BCUT2D eigenvalue weighted by molar-refractivity contribution is 4.99. The molecule has 0 aliphatic heterocycles. The van der Waals surface area contributed by atoms with Gasteiger partial charge in [-0.2, -0.15) is 13.2 Å².